The number of benzene rings is 1. The minimum Gasteiger partial charge on any atom is -0.282 e. The molecule has 0 bridgehead atoms. The third-order valence-corrected chi connectivity index (χ3v) is 2.51. The van der Waals surface area contributed by atoms with E-state index < -0.39 is 10.1 Å². The fourth-order valence-corrected chi connectivity index (χ4v) is 1.35. The lowest BCUT2D eigenvalue weighted by Crippen LogP contribution is -1.96. The Labute approximate surface area is 97.2 Å². The van der Waals surface area contributed by atoms with Gasteiger partial charge in [0.05, 0.1) is 4.90 Å². The predicted molar refractivity (Wildman–Crippen MR) is 58.5 cm³/mol. The van der Waals surface area contributed by atoms with Gasteiger partial charge in [0.2, 0.25) is 0 Å². The first kappa shape index (κ1) is 15.7. The van der Waals surface area contributed by atoms with E-state index in [9.17, 15) is 8.42 Å². The first-order valence-corrected chi connectivity index (χ1v) is 4.96. The molecule has 13 heavy (non-hydrogen) atoms. The number of hydrogen-bond acceptors (Lipinski definition) is 2. The second-order valence-corrected chi connectivity index (χ2v) is 4.27. The zero-order valence-corrected chi connectivity index (χ0v) is 10.2. The molecule has 0 aliphatic heterocycles. The fraction of sp³-hybridized carbons (Fsp3) is 0. The Bertz CT molecular complexity index is 349. The largest absolute Gasteiger partial charge is 0.294 e. The molecule has 1 N–H and O–H groups in total. The van der Waals surface area contributed by atoms with Crippen molar-refractivity contribution in [3.05, 3.63) is 28.7 Å². The molecule has 0 unspecified atom stereocenters. The Morgan fingerprint density at radius 2 is 1.46 bits per heavy atom. The number of halogens is 3. The monoisotopic (exact) mass is 308 g/mol. The molecule has 0 aliphatic carbocycles. The van der Waals surface area contributed by atoms with E-state index in [1.165, 1.54) is 12.1 Å². The molecular weight excluding hydrogens is 303 g/mol. The van der Waals surface area contributed by atoms with E-state index in [0.717, 1.165) is 4.47 Å². The van der Waals surface area contributed by atoms with Crippen molar-refractivity contribution in [2.45, 2.75) is 4.90 Å². The third kappa shape index (κ3) is 4.83. The van der Waals surface area contributed by atoms with Crippen LogP contribution in [0.25, 0.3) is 0 Å². The predicted octanol–water partition coefficient (Wildman–Crippen LogP) is 2.54. The lowest BCUT2D eigenvalue weighted by molar-refractivity contribution is 0.483. The highest BCUT2D eigenvalue weighted by atomic mass is 79.9. The molecule has 0 fully saturated rings. The lowest BCUT2D eigenvalue weighted by Gasteiger charge is -1.94. The Hall–Kier alpha value is 0.190. The van der Waals surface area contributed by atoms with E-state index in [-0.39, 0.29) is 29.7 Å². The highest BCUT2D eigenvalue weighted by molar-refractivity contribution is 9.10. The van der Waals surface area contributed by atoms with Crippen LogP contribution in [-0.2, 0) is 10.1 Å². The van der Waals surface area contributed by atoms with E-state index >= 15 is 0 Å². The van der Waals surface area contributed by atoms with Gasteiger partial charge in [-0.2, -0.15) is 8.42 Å². The summed E-state index contributed by atoms with van der Waals surface area (Å²) in [6.07, 6.45) is 0. The van der Waals surface area contributed by atoms with Crippen LogP contribution in [0.1, 0.15) is 0 Å². The third-order valence-electron chi connectivity index (χ3n) is 1.11. The summed E-state index contributed by atoms with van der Waals surface area (Å²) in [6.45, 7) is 0. The van der Waals surface area contributed by atoms with Crippen LogP contribution in [0, 0.1) is 0 Å². The van der Waals surface area contributed by atoms with Crippen molar-refractivity contribution in [1.82, 2.24) is 0 Å². The lowest BCUT2D eigenvalue weighted by atomic mass is 10.4. The smallest absolute Gasteiger partial charge is 0.282 e. The van der Waals surface area contributed by atoms with Crippen LogP contribution in [0.2, 0.25) is 0 Å². The van der Waals surface area contributed by atoms with E-state index in [1.807, 2.05) is 0 Å². The molecule has 0 amide bonds. The Morgan fingerprint density at radius 1 is 1.08 bits per heavy atom. The summed E-state index contributed by atoms with van der Waals surface area (Å²) >= 11 is 3.14. The minimum absolute atomic E-state index is 0. The molecule has 0 saturated carbocycles. The van der Waals surface area contributed by atoms with Crippen LogP contribution < -0.4 is 0 Å². The molecule has 1 aromatic carbocycles. The molecule has 0 spiro atoms. The van der Waals surface area contributed by atoms with Gasteiger partial charge in [-0.05, 0) is 24.3 Å². The topological polar surface area (TPSA) is 54.4 Å². The second kappa shape index (κ2) is 5.82. The van der Waals surface area contributed by atoms with Crippen molar-refractivity contribution < 1.29 is 13.0 Å². The molecule has 7 heteroatoms. The van der Waals surface area contributed by atoms with Gasteiger partial charge < -0.3 is 0 Å². The summed E-state index contributed by atoms with van der Waals surface area (Å²) in [7, 11) is -4.04. The number of rotatable bonds is 1. The van der Waals surface area contributed by atoms with E-state index in [0.29, 0.717) is 0 Å². The van der Waals surface area contributed by atoms with Gasteiger partial charge in [0.25, 0.3) is 10.1 Å². The van der Waals surface area contributed by atoms with Crippen LogP contribution in [0.5, 0.6) is 0 Å². The van der Waals surface area contributed by atoms with Crippen LogP contribution in [-0.4, -0.2) is 13.0 Å². The average molecular weight is 310 g/mol. The van der Waals surface area contributed by atoms with Gasteiger partial charge in [-0.15, -0.1) is 24.8 Å². The summed E-state index contributed by atoms with van der Waals surface area (Å²) in [5, 5.41) is 0. The zero-order valence-electron chi connectivity index (χ0n) is 6.18. The number of hydrogen-bond donors (Lipinski definition) is 1. The van der Waals surface area contributed by atoms with Crippen LogP contribution >= 0.6 is 40.7 Å². The van der Waals surface area contributed by atoms with Gasteiger partial charge in [-0.25, -0.2) is 0 Å². The zero-order chi connectivity index (χ0) is 8.48. The van der Waals surface area contributed by atoms with E-state index in [1.54, 1.807) is 12.1 Å². The summed E-state index contributed by atoms with van der Waals surface area (Å²) in [6, 6.07) is 5.73. The van der Waals surface area contributed by atoms with Crippen LogP contribution in [0.3, 0.4) is 0 Å². The first-order chi connectivity index (χ1) is 5.00. The van der Waals surface area contributed by atoms with Gasteiger partial charge in [0.1, 0.15) is 0 Å². The minimum atomic E-state index is -4.04. The summed E-state index contributed by atoms with van der Waals surface area (Å²) in [5.41, 5.74) is 0. The van der Waals surface area contributed by atoms with Gasteiger partial charge in [0.15, 0.2) is 0 Å². The standard InChI is InChI=1S/C6H5BrO3S.2ClH/c7-5-1-3-6(4-2-5)11(8,9)10;;/h1-4H,(H,8,9,10);2*1H. The first-order valence-electron chi connectivity index (χ1n) is 2.73. The molecular formula is C6H7BrCl2O3S. The quantitative estimate of drug-likeness (QED) is 0.811. The van der Waals surface area contributed by atoms with Gasteiger partial charge in [-0.1, -0.05) is 15.9 Å². The molecule has 0 atom stereocenters. The Morgan fingerprint density at radius 3 is 1.77 bits per heavy atom. The molecule has 1 aromatic rings. The van der Waals surface area contributed by atoms with Crippen LogP contribution in [0.4, 0.5) is 0 Å². The molecule has 0 aromatic heterocycles. The maximum Gasteiger partial charge on any atom is 0.294 e. The van der Waals surface area contributed by atoms with E-state index in [4.69, 9.17) is 4.55 Å². The van der Waals surface area contributed by atoms with Gasteiger partial charge >= 0.3 is 0 Å². The fourth-order valence-electron chi connectivity index (χ4n) is 0.607. The van der Waals surface area contributed by atoms with Crippen molar-refractivity contribution >= 4 is 50.9 Å². The molecule has 0 heterocycles. The van der Waals surface area contributed by atoms with Crippen molar-refractivity contribution in [3.63, 3.8) is 0 Å². The summed E-state index contributed by atoms with van der Waals surface area (Å²) in [4.78, 5) is -0.0966. The Kier molecular flexibility index (Phi) is 7.01. The second-order valence-electron chi connectivity index (χ2n) is 1.93. The SMILES string of the molecule is Cl.Cl.O=S(=O)(O)c1ccc(Br)cc1. The van der Waals surface area contributed by atoms with E-state index in [2.05, 4.69) is 15.9 Å². The van der Waals surface area contributed by atoms with Crippen molar-refractivity contribution in [1.29, 1.82) is 0 Å². The maximum absolute atomic E-state index is 10.5. The highest BCUT2D eigenvalue weighted by Crippen LogP contribution is 2.13. The Balaban J connectivity index is 0. The molecule has 0 saturated heterocycles. The molecule has 76 valence electrons. The molecule has 1 rings (SSSR count). The van der Waals surface area contributed by atoms with Crippen LogP contribution in [0.15, 0.2) is 33.6 Å². The maximum atomic E-state index is 10.5. The highest BCUT2D eigenvalue weighted by Gasteiger charge is 2.07. The molecule has 3 nitrogen and oxygen atoms in total. The van der Waals surface area contributed by atoms with Crippen molar-refractivity contribution in [2.75, 3.05) is 0 Å². The van der Waals surface area contributed by atoms with Crippen molar-refractivity contribution in [2.24, 2.45) is 0 Å². The summed E-state index contributed by atoms with van der Waals surface area (Å²) in [5.74, 6) is 0. The molecule has 0 radical (unpaired) electrons. The van der Waals surface area contributed by atoms with Crippen molar-refractivity contribution in [3.8, 4) is 0 Å². The molecule has 0 aliphatic rings. The summed E-state index contributed by atoms with van der Waals surface area (Å²) < 4.78 is 30.3. The van der Waals surface area contributed by atoms with Gasteiger partial charge in [-0.3, -0.25) is 4.55 Å². The van der Waals surface area contributed by atoms with Gasteiger partial charge in [0, 0.05) is 4.47 Å². The average Bonchev–Trinajstić information content (AvgIpc) is 1.86. The normalized spacial score (nSPS) is 9.69.